The summed E-state index contributed by atoms with van der Waals surface area (Å²) < 4.78 is 37.2. The summed E-state index contributed by atoms with van der Waals surface area (Å²) in [7, 11) is 0. The molecule has 0 radical (unpaired) electrons. The summed E-state index contributed by atoms with van der Waals surface area (Å²) >= 11 is 0. The van der Waals surface area contributed by atoms with Gasteiger partial charge in [-0.05, 0) is 11.6 Å². The molecule has 0 amide bonds. The van der Waals surface area contributed by atoms with Crippen LogP contribution in [0.1, 0.15) is 11.1 Å². The molecule has 0 saturated heterocycles. The minimum absolute atomic E-state index is 0.0347. The Morgan fingerprint density at radius 1 is 1.29 bits per heavy atom. The van der Waals surface area contributed by atoms with Crippen molar-refractivity contribution in [3.63, 3.8) is 0 Å². The second kappa shape index (κ2) is 3.74. The van der Waals surface area contributed by atoms with Crippen LogP contribution < -0.4 is 0 Å². The molecule has 0 aliphatic carbocycles. The second-order valence-corrected chi connectivity index (χ2v) is 2.90. The van der Waals surface area contributed by atoms with Crippen molar-refractivity contribution in [3.8, 4) is 0 Å². The van der Waals surface area contributed by atoms with Crippen LogP contribution >= 0.6 is 0 Å². The van der Waals surface area contributed by atoms with E-state index in [-0.39, 0.29) is 17.7 Å². The lowest BCUT2D eigenvalue weighted by Crippen LogP contribution is -2.09. The van der Waals surface area contributed by atoms with Crippen molar-refractivity contribution < 1.29 is 18.3 Å². The van der Waals surface area contributed by atoms with Gasteiger partial charge in [-0.25, -0.2) is 0 Å². The lowest BCUT2D eigenvalue weighted by molar-refractivity contribution is -0.138. The van der Waals surface area contributed by atoms with Gasteiger partial charge in [0.05, 0.1) is 11.3 Å². The average molecular weight is 202 g/mol. The summed E-state index contributed by atoms with van der Waals surface area (Å²) in [6.07, 6.45) is -4.55. The van der Waals surface area contributed by atoms with Crippen molar-refractivity contribution in [2.24, 2.45) is 0 Å². The van der Waals surface area contributed by atoms with E-state index in [2.05, 4.69) is 6.58 Å². The first kappa shape index (κ1) is 10.6. The highest BCUT2D eigenvalue weighted by Crippen LogP contribution is 2.32. The van der Waals surface area contributed by atoms with Crippen LogP contribution in [0.3, 0.4) is 0 Å². The van der Waals surface area contributed by atoms with Crippen LogP contribution in [0.25, 0.3) is 0 Å². The molecule has 0 bridgehead atoms. The van der Waals surface area contributed by atoms with Gasteiger partial charge >= 0.3 is 6.18 Å². The number of hydrogen-bond acceptors (Lipinski definition) is 1. The molecule has 1 aromatic carbocycles. The summed E-state index contributed by atoms with van der Waals surface area (Å²) in [5.41, 5.74) is -0.692. The summed E-state index contributed by atoms with van der Waals surface area (Å²) in [5.74, 6) is -0.276. The van der Waals surface area contributed by atoms with Crippen LogP contribution in [-0.2, 0) is 12.6 Å². The van der Waals surface area contributed by atoms with Gasteiger partial charge in [-0.2, -0.15) is 13.2 Å². The van der Waals surface area contributed by atoms with Crippen molar-refractivity contribution in [2.75, 3.05) is 0 Å². The highest BCUT2D eigenvalue weighted by molar-refractivity contribution is 5.31. The number of rotatable bonds is 2. The first-order valence-electron chi connectivity index (χ1n) is 3.93. The van der Waals surface area contributed by atoms with E-state index >= 15 is 0 Å². The molecule has 0 spiro atoms. The fourth-order valence-corrected chi connectivity index (χ4v) is 1.17. The van der Waals surface area contributed by atoms with Crippen LogP contribution in [-0.4, -0.2) is 5.11 Å². The molecular weight excluding hydrogens is 193 g/mol. The third-order valence-corrected chi connectivity index (χ3v) is 1.72. The van der Waals surface area contributed by atoms with Gasteiger partial charge in [0.15, 0.2) is 0 Å². The quantitative estimate of drug-likeness (QED) is 0.729. The van der Waals surface area contributed by atoms with Crippen molar-refractivity contribution in [3.05, 3.63) is 47.7 Å². The SMILES string of the molecule is C=C(O)Cc1ccccc1C(F)(F)F. The molecule has 1 rings (SSSR count). The molecule has 1 aromatic rings. The normalized spacial score (nSPS) is 11.4. The third kappa shape index (κ3) is 2.52. The van der Waals surface area contributed by atoms with Crippen LogP contribution in [0.4, 0.5) is 13.2 Å². The standard InChI is InChI=1S/C10H9F3O/c1-7(14)6-8-4-2-3-5-9(8)10(11,12)13/h2-5,14H,1,6H2. The Kier molecular flexibility index (Phi) is 2.84. The van der Waals surface area contributed by atoms with E-state index in [1.165, 1.54) is 18.2 Å². The van der Waals surface area contributed by atoms with Crippen molar-refractivity contribution in [2.45, 2.75) is 12.6 Å². The maximum Gasteiger partial charge on any atom is 0.416 e. The van der Waals surface area contributed by atoms with Gasteiger partial charge in [-0.15, -0.1) is 0 Å². The Morgan fingerprint density at radius 3 is 2.36 bits per heavy atom. The largest absolute Gasteiger partial charge is 0.513 e. The van der Waals surface area contributed by atoms with Crippen LogP contribution in [0, 0.1) is 0 Å². The predicted molar refractivity (Wildman–Crippen MR) is 46.9 cm³/mol. The van der Waals surface area contributed by atoms with E-state index in [1.54, 1.807) is 0 Å². The number of benzene rings is 1. The second-order valence-electron chi connectivity index (χ2n) is 2.90. The summed E-state index contributed by atoms with van der Waals surface area (Å²) in [6, 6.07) is 5.11. The topological polar surface area (TPSA) is 20.2 Å². The fraction of sp³-hybridized carbons (Fsp3) is 0.200. The molecule has 1 N–H and O–H groups in total. The van der Waals surface area contributed by atoms with Gasteiger partial charge in [0, 0.05) is 6.42 Å². The molecule has 0 aliphatic rings. The first-order chi connectivity index (χ1) is 6.41. The zero-order valence-electron chi connectivity index (χ0n) is 7.30. The number of aliphatic hydroxyl groups excluding tert-OH is 1. The molecule has 4 heteroatoms. The zero-order valence-corrected chi connectivity index (χ0v) is 7.30. The monoisotopic (exact) mass is 202 g/mol. The van der Waals surface area contributed by atoms with Gasteiger partial charge in [-0.3, -0.25) is 0 Å². The van der Waals surface area contributed by atoms with E-state index in [4.69, 9.17) is 5.11 Å². The van der Waals surface area contributed by atoms with Gasteiger partial charge in [-0.1, -0.05) is 24.8 Å². The zero-order chi connectivity index (χ0) is 10.8. The lowest BCUT2D eigenvalue weighted by atomic mass is 10.0. The molecular formula is C10H9F3O. The lowest BCUT2D eigenvalue weighted by Gasteiger charge is -2.11. The van der Waals surface area contributed by atoms with Crippen LogP contribution in [0.2, 0.25) is 0 Å². The van der Waals surface area contributed by atoms with Crippen molar-refractivity contribution >= 4 is 0 Å². The minimum atomic E-state index is -4.38. The van der Waals surface area contributed by atoms with Crippen LogP contribution in [0.15, 0.2) is 36.6 Å². The minimum Gasteiger partial charge on any atom is -0.513 e. The molecule has 0 atom stereocenters. The van der Waals surface area contributed by atoms with Gasteiger partial charge < -0.3 is 5.11 Å². The maximum absolute atomic E-state index is 12.4. The number of hydrogen-bond donors (Lipinski definition) is 1. The van der Waals surface area contributed by atoms with E-state index in [0.717, 1.165) is 6.07 Å². The van der Waals surface area contributed by atoms with Gasteiger partial charge in [0.1, 0.15) is 0 Å². The smallest absolute Gasteiger partial charge is 0.416 e. The number of allylic oxidation sites excluding steroid dienone is 1. The van der Waals surface area contributed by atoms with E-state index in [9.17, 15) is 13.2 Å². The maximum atomic E-state index is 12.4. The molecule has 0 aliphatic heterocycles. The Bertz CT molecular complexity index is 341. The number of halogens is 3. The highest BCUT2D eigenvalue weighted by atomic mass is 19.4. The first-order valence-corrected chi connectivity index (χ1v) is 3.93. The molecule has 0 aromatic heterocycles. The van der Waals surface area contributed by atoms with Gasteiger partial charge in [0.25, 0.3) is 0 Å². The third-order valence-electron chi connectivity index (χ3n) is 1.72. The molecule has 76 valence electrons. The summed E-state index contributed by atoms with van der Waals surface area (Å²) in [5, 5.41) is 8.83. The van der Waals surface area contributed by atoms with E-state index in [0.29, 0.717) is 0 Å². The fourth-order valence-electron chi connectivity index (χ4n) is 1.17. The Hall–Kier alpha value is -1.45. The average Bonchev–Trinajstić information content (AvgIpc) is 2.01. The molecule has 1 nitrogen and oxygen atoms in total. The summed E-state index contributed by atoms with van der Waals surface area (Å²) in [6.45, 7) is 3.16. The number of alkyl halides is 3. The van der Waals surface area contributed by atoms with Gasteiger partial charge in [0.2, 0.25) is 0 Å². The van der Waals surface area contributed by atoms with Crippen LogP contribution in [0.5, 0.6) is 0 Å². The Balaban J connectivity index is 3.10. The van der Waals surface area contributed by atoms with E-state index in [1.807, 2.05) is 0 Å². The molecule has 0 heterocycles. The van der Waals surface area contributed by atoms with Crippen molar-refractivity contribution in [1.29, 1.82) is 0 Å². The Labute approximate surface area is 79.5 Å². The molecule has 0 saturated carbocycles. The van der Waals surface area contributed by atoms with Crippen molar-refractivity contribution in [1.82, 2.24) is 0 Å². The molecule has 0 fully saturated rings. The molecule has 0 unspecified atom stereocenters. The predicted octanol–water partition coefficient (Wildman–Crippen LogP) is 3.32. The highest BCUT2D eigenvalue weighted by Gasteiger charge is 2.32. The summed E-state index contributed by atoms with van der Waals surface area (Å²) in [4.78, 5) is 0. The van der Waals surface area contributed by atoms with E-state index < -0.39 is 11.7 Å². The number of aliphatic hydroxyl groups is 1. The Morgan fingerprint density at radius 2 is 1.86 bits per heavy atom. The molecule has 14 heavy (non-hydrogen) atoms.